The highest BCUT2D eigenvalue weighted by Gasteiger charge is 2.15. The van der Waals surface area contributed by atoms with E-state index in [1.165, 1.54) is 7.11 Å². The summed E-state index contributed by atoms with van der Waals surface area (Å²) < 4.78 is 4.69. The summed E-state index contributed by atoms with van der Waals surface area (Å²) in [5, 5.41) is 10.3. The van der Waals surface area contributed by atoms with E-state index in [2.05, 4.69) is 25.7 Å². The Morgan fingerprint density at radius 3 is 2.50 bits per heavy atom. The fourth-order valence-corrected chi connectivity index (χ4v) is 1.44. The van der Waals surface area contributed by atoms with Crippen molar-refractivity contribution in [2.24, 2.45) is 5.92 Å². The van der Waals surface area contributed by atoms with Crippen LogP contribution in [-0.4, -0.2) is 23.3 Å². The minimum atomic E-state index is -0.114. The van der Waals surface area contributed by atoms with Gasteiger partial charge in [-0.05, 0) is 22.4 Å². The van der Waals surface area contributed by atoms with E-state index in [-0.39, 0.29) is 11.8 Å². The SMILES string of the molecule is CONc1ccc(NC(=O)C(C)C)c2nonc12. The summed E-state index contributed by atoms with van der Waals surface area (Å²) in [6.07, 6.45) is 0. The first kappa shape index (κ1) is 12.3. The van der Waals surface area contributed by atoms with Gasteiger partial charge in [-0.2, -0.15) is 0 Å². The summed E-state index contributed by atoms with van der Waals surface area (Å²) in [5.74, 6) is -0.205. The Hall–Kier alpha value is -2.15. The molecule has 2 N–H and O–H groups in total. The molecule has 0 aliphatic carbocycles. The quantitative estimate of drug-likeness (QED) is 0.804. The first-order valence-corrected chi connectivity index (χ1v) is 5.48. The molecule has 96 valence electrons. The number of benzene rings is 1. The van der Waals surface area contributed by atoms with Gasteiger partial charge in [0.2, 0.25) is 5.91 Å². The van der Waals surface area contributed by atoms with Crippen molar-refractivity contribution in [1.82, 2.24) is 10.3 Å². The average Bonchev–Trinajstić information content (AvgIpc) is 2.81. The molecule has 0 saturated carbocycles. The number of fused-ring (bicyclic) bond motifs is 1. The molecule has 0 spiro atoms. The second-order valence-electron chi connectivity index (χ2n) is 4.07. The lowest BCUT2D eigenvalue weighted by atomic mass is 10.2. The van der Waals surface area contributed by atoms with Crippen LogP contribution in [0.5, 0.6) is 0 Å². The topological polar surface area (TPSA) is 89.3 Å². The van der Waals surface area contributed by atoms with E-state index in [4.69, 9.17) is 4.84 Å². The molecule has 1 aromatic heterocycles. The van der Waals surface area contributed by atoms with Crippen molar-refractivity contribution in [3.8, 4) is 0 Å². The number of carbonyl (C=O) groups excluding carboxylic acids is 1. The molecule has 2 aromatic rings. The lowest BCUT2D eigenvalue weighted by Crippen LogP contribution is -2.18. The first-order chi connectivity index (χ1) is 8.63. The van der Waals surface area contributed by atoms with Gasteiger partial charge in [0, 0.05) is 5.92 Å². The molecule has 18 heavy (non-hydrogen) atoms. The van der Waals surface area contributed by atoms with Crippen LogP contribution in [0.2, 0.25) is 0 Å². The van der Waals surface area contributed by atoms with Gasteiger partial charge in [0.1, 0.15) is 0 Å². The van der Waals surface area contributed by atoms with Crippen LogP contribution in [0.3, 0.4) is 0 Å². The normalized spacial score (nSPS) is 10.9. The summed E-state index contributed by atoms with van der Waals surface area (Å²) in [6, 6.07) is 3.44. The van der Waals surface area contributed by atoms with Gasteiger partial charge in [0.15, 0.2) is 11.0 Å². The third-order valence-corrected chi connectivity index (χ3v) is 2.41. The van der Waals surface area contributed by atoms with Crippen LogP contribution in [0.25, 0.3) is 11.0 Å². The number of carbonyl (C=O) groups is 1. The number of nitrogens with one attached hydrogen (secondary N) is 2. The fourth-order valence-electron chi connectivity index (χ4n) is 1.44. The van der Waals surface area contributed by atoms with Gasteiger partial charge in [0.05, 0.1) is 18.5 Å². The molecule has 0 saturated heterocycles. The van der Waals surface area contributed by atoms with Crippen LogP contribution >= 0.6 is 0 Å². The number of hydrogen-bond donors (Lipinski definition) is 2. The summed E-state index contributed by atoms with van der Waals surface area (Å²) in [6.45, 7) is 3.63. The van der Waals surface area contributed by atoms with E-state index < -0.39 is 0 Å². The Morgan fingerprint density at radius 1 is 1.28 bits per heavy atom. The van der Waals surface area contributed by atoms with Crippen molar-refractivity contribution >= 4 is 28.3 Å². The maximum atomic E-state index is 11.7. The predicted octanol–water partition coefficient (Wildman–Crippen LogP) is 1.79. The predicted molar refractivity (Wildman–Crippen MR) is 65.9 cm³/mol. The highest BCUT2D eigenvalue weighted by atomic mass is 16.6. The van der Waals surface area contributed by atoms with Gasteiger partial charge in [-0.15, -0.1) is 0 Å². The van der Waals surface area contributed by atoms with Crippen molar-refractivity contribution in [2.75, 3.05) is 17.9 Å². The summed E-state index contributed by atoms with van der Waals surface area (Å²) in [5.41, 5.74) is 4.82. The molecule has 1 heterocycles. The average molecular weight is 250 g/mol. The van der Waals surface area contributed by atoms with Crippen LogP contribution in [0.1, 0.15) is 13.8 Å². The van der Waals surface area contributed by atoms with Gasteiger partial charge in [-0.3, -0.25) is 15.1 Å². The fraction of sp³-hybridized carbons (Fsp3) is 0.364. The Labute approximate surface area is 103 Å². The van der Waals surface area contributed by atoms with Crippen LogP contribution in [0.4, 0.5) is 11.4 Å². The van der Waals surface area contributed by atoms with E-state index in [0.29, 0.717) is 22.4 Å². The highest BCUT2D eigenvalue weighted by molar-refractivity contribution is 6.03. The number of aromatic nitrogens is 2. The van der Waals surface area contributed by atoms with Crippen molar-refractivity contribution < 1.29 is 14.3 Å². The van der Waals surface area contributed by atoms with Gasteiger partial charge in [0.25, 0.3) is 0 Å². The minimum absolute atomic E-state index is 0.0910. The molecule has 0 aliphatic heterocycles. The van der Waals surface area contributed by atoms with Gasteiger partial charge >= 0.3 is 0 Å². The monoisotopic (exact) mass is 250 g/mol. The zero-order valence-electron chi connectivity index (χ0n) is 10.4. The molecule has 0 aliphatic rings. The Balaban J connectivity index is 2.38. The summed E-state index contributed by atoms with van der Waals surface area (Å²) >= 11 is 0. The maximum Gasteiger partial charge on any atom is 0.226 e. The third-order valence-electron chi connectivity index (χ3n) is 2.41. The van der Waals surface area contributed by atoms with Crippen LogP contribution in [0.15, 0.2) is 16.8 Å². The molecule has 1 aromatic carbocycles. The Kier molecular flexibility index (Phi) is 3.42. The number of nitrogens with zero attached hydrogens (tertiary/aromatic N) is 2. The van der Waals surface area contributed by atoms with E-state index in [1.807, 2.05) is 13.8 Å². The maximum absolute atomic E-state index is 11.7. The molecule has 0 bridgehead atoms. The smallest absolute Gasteiger partial charge is 0.226 e. The molecular weight excluding hydrogens is 236 g/mol. The van der Waals surface area contributed by atoms with Crippen LogP contribution < -0.4 is 10.8 Å². The van der Waals surface area contributed by atoms with E-state index in [0.717, 1.165) is 0 Å². The van der Waals surface area contributed by atoms with Crippen LogP contribution in [0, 0.1) is 5.92 Å². The standard InChI is InChI=1S/C11H14N4O3/c1-6(2)11(16)12-7-4-5-8(13-17-3)10-9(7)14-18-15-10/h4-6,13H,1-3H3,(H,12,16). The molecule has 2 rings (SSSR count). The van der Waals surface area contributed by atoms with Crippen molar-refractivity contribution in [2.45, 2.75) is 13.8 Å². The largest absolute Gasteiger partial charge is 0.324 e. The second-order valence-corrected chi connectivity index (χ2v) is 4.07. The Morgan fingerprint density at radius 2 is 1.89 bits per heavy atom. The molecule has 7 nitrogen and oxygen atoms in total. The summed E-state index contributed by atoms with van der Waals surface area (Å²) in [7, 11) is 1.49. The Bertz CT molecular complexity index is 564. The van der Waals surface area contributed by atoms with Gasteiger partial charge in [-0.1, -0.05) is 13.8 Å². The van der Waals surface area contributed by atoms with Crippen molar-refractivity contribution in [1.29, 1.82) is 0 Å². The lowest BCUT2D eigenvalue weighted by molar-refractivity contribution is -0.118. The molecule has 0 fully saturated rings. The number of amides is 1. The zero-order valence-corrected chi connectivity index (χ0v) is 10.4. The lowest BCUT2D eigenvalue weighted by Gasteiger charge is -2.09. The highest BCUT2D eigenvalue weighted by Crippen LogP contribution is 2.27. The van der Waals surface area contributed by atoms with Crippen molar-refractivity contribution in [3.63, 3.8) is 0 Å². The molecule has 0 unspecified atom stereocenters. The zero-order chi connectivity index (χ0) is 13.1. The second kappa shape index (κ2) is 5.01. The number of anilines is 2. The van der Waals surface area contributed by atoms with Crippen LogP contribution in [-0.2, 0) is 9.63 Å². The number of hydrogen-bond acceptors (Lipinski definition) is 6. The first-order valence-electron chi connectivity index (χ1n) is 5.48. The third kappa shape index (κ3) is 2.25. The van der Waals surface area contributed by atoms with Gasteiger partial charge in [-0.25, -0.2) is 4.63 Å². The molecule has 0 atom stereocenters. The van der Waals surface area contributed by atoms with Crippen molar-refractivity contribution in [3.05, 3.63) is 12.1 Å². The van der Waals surface area contributed by atoms with E-state index >= 15 is 0 Å². The van der Waals surface area contributed by atoms with E-state index in [1.54, 1.807) is 12.1 Å². The number of rotatable bonds is 4. The minimum Gasteiger partial charge on any atom is -0.324 e. The van der Waals surface area contributed by atoms with E-state index in [9.17, 15) is 4.79 Å². The molecule has 0 radical (unpaired) electrons. The molecule has 7 heteroatoms. The molecular formula is C11H14N4O3. The van der Waals surface area contributed by atoms with Gasteiger partial charge < -0.3 is 5.32 Å². The molecule has 1 amide bonds. The summed E-state index contributed by atoms with van der Waals surface area (Å²) in [4.78, 5) is 16.5.